The smallest absolute Gasteiger partial charge is 0.0406 e. The molecule has 16 heavy (non-hydrogen) atoms. The lowest BCUT2D eigenvalue weighted by atomic mass is 9.87. The van der Waals surface area contributed by atoms with Crippen molar-refractivity contribution in [2.75, 3.05) is 0 Å². The fourth-order valence-corrected chi connectivity index (χ4v) is 2.33. The van der Waals surface area contributed by atoms with Gasteiger partial charge < -0.3 is 5.73 Å². The molecule has 0 aliphatic heterocycles. The largest absolute Gasteiger partial charge is 0.324 e. The minimum absolute atomic E-state index is 0.150. The standard InChI is InChI=1S/C14H22ClN/c1-3-5-11(6-4-2)14(16)12-7-9-13(15)10-8-12/h7-11,14H,3-6,16H2,1-2H3. The fraction of sp³-hybridized carbons (Fsp3) is 0.571. The SMILES string of the molecule is CCCC(CCC)C(N)c1ccc(Cl)cc1. The van der Waals surface area contributed by atoms with Crippen LogP contribution >= 0.6 is 11.6 Å². The lowest BCUT2D eigenvalue weighted by Gasteiger charge is -2.23. The second-order valence-electron chi connectivity index (χ2n) is 4.41. The quantitative estimate of drug-likeness (QED) is 0.774. The molecule has 0 aliphatic rings. The highest BCUT2D eigenvalue weighted by Gasteiger charge is 2.17. The maximum absolute atomic E-state index is 6.32. The van der Waals surface area contributed by atoms with Gasteiger partial charge >= 0.3 is 0 Å². The van der Waals surface area contributed by atoms with E-state index in [1.807, 2.05) is 24.3 Å². The van der Waals surface area contributed by atoms with E-state index in [1.54, 1.807) is 0 Å². The molecule has 1 nitrogen and oxygen atoms in total. The van der Waals surface area contributed by atoms with Crippen molar-refractivity contribution in [1.29, 1.82) is 0 Å². The van der Waals surface area contributed by atoms with E-state index in [1.165, 1.54) is 31.2 Å². The van der Waals surface area contributed by atoms with E-state index < -0.39 is 0 Å². The molecule has 1 aromatic carbocycles. The highest BCUT2D eigenvalue weighted by Crippen LogP contribution is 2.28. The number of nitrogens with two attached hydrogens (primary N) is 1. The number of rotatable bonds is 6. The van der Waals surface area contributed by atoms with Crippen LogP contribution in [0.2, 0.25) is 5.02 Å². The molecule has 0 spiro atoms. The maximum Gasteiger partial charge on any atom is 0.0406 e. The first-order valence-electron chi connectivity index (χ1n) is 6.20. The van der Waals surface area contributed by atoms with E-state index in [9.17, 15) is 0 Å². The summed E-state index contributed by atoms with van der Waals surface area (Å²) in [5.41, 5.74) is 7.52. The van der Waals surface area contributed by atoms with Gasteiger partial charge in [-0.1, -0.05) is 50.4 Å². The third-order valence-electron chi connectivity index (χ3n) is 3.08. The summed E-state index contributed by atoms with van der Waals surface area (Å²) >= 11 is 5.88. The van der Waals surface area contributed by atoms with Gasteiger partial charge in [-0.2, -0.15) is 0 Å². The molecule has 0 saturated carbocycles. The second-order valence-corrected chi connectivity index (χ2v) is 4.85. The van der Waals surface area contributed by atoms with Gasteiger partial charge in [0.2, 0.25) is 0 Å². The third kappa shape index (κ3) is 3.80. The Morgan fingerprint density at radius 2 is 1.56 bits per heavy atom. The highest BCUT2D eigenvalue weighted by molar-refractivity contribution is 6.30. The molecule has 1 rings (SSSR count). The van der Waals surface area contributed by atoms with Crippen LogP contribution in [-0.4, -0.2) is 0 Å². The summed E-state index contributed by atoms with van der Waals surface area (Å²) in [5, 5.41) is 0.776. The molecule has 0 radical (unpaired) electrons. The van der Waals surface area contributed by atoms with Crippen molar-refractivity contribution in [3.05, 3.63) is 34.9 Å². The summed E-state index contributed by atoms with van der Waals surface area (Å²) in [4.78, 5) is 0. The molecule has 0 fully saturated rings. The molecule has 0 aliphatic carbocycles. The predicted molar refractivity (Wildman–Crippen MR) is 71.7 cm³/mol. The van der Waals surface area contributed by atoms with Crippen LogP contribution in [0, 0.1) is 5.92 Å². The number of hydrogen-bond donors (Lipinski definition) is 1. The minimum atomic E-state index is 0.150. The average Bonchev–Trinajstić information content (AvgIpc) is 2.29. The van der Waals surface area contributed by atoms with Crippen molar-refractivity contribution < 1.29 is 0 Å². The molecule has 90 valence electrons. The van der Waals surface area contributed by atoms with Crippen molar-refractivity contribution in [2.45, 2.75) is 45.6 Å². The van der Waals surface area contributed by atoms with Crippen molar-refractivity contribution in [3.8, 4) is 0 Å². The first-order chi connectivity index (χ1) is 7.69. The van der Waals surface area contributed by atoms with Crippen LogP contribution < -0.4 is 5.73 Å². The Hall–Kier alpha value is -0.530. The zero-order valence-electron chi connectivity index (χ0n) is 10.2. The Morgan fingerprint density at radius 3 is 2.00 bits per heavy atom. The van der Waals surface area contributed by atoms with Gasteiger partial charge in [-0.05, 0) is 36.5 Å². The summed E-state index contributed by atoms with van der Waals surface area (Å²) in [5.74, 6) is 0.594. The molecule has 2 N–H and O–H groups in total. The predicted octanol–water partition coefficient (Wildman–Crippen LogP) is 4.56. The Balaban J connectivity index is 2.72. The molecule has 0 bridgehead atoms. The normalized spacial score (nSPS) is 13.1. The topological polar surface area (TPSA) is 26.0 Å². The Morgan fingerprint density at radius 1 is 1.06 bits per heavy atom. The van der Waals surface area contributed by atoms with Crippen molar-refractivity contribution in [1.82, 2.24) is 0 Å². The molecule has 0 heterocycles. The lowest BCUT2D eigenvalue weighted by molar-refractivity contribution is 0.368. The van der Waals surface area contributed by atoms with Crippen LogP contribution in [0.1, 0.15) is 51.1 Å². The summed E-state index contributed by atoms with van der Waals surface area (Å²) in [6.07, 6.45) is 4.81. The molecule has 0 amide bonds. The summed E-state index contributed by atoms with van der Waals surface area (Å²) in [6, 6.07) is 8.09. The monoisotopic (exact) mass is 239 g/mol. The average molecular weight is 240 g/mol. The lowest BCUT2D eigenvalue weighted by Crippen LogP contribution is -2.21. The number of hydrogen-bond acceptors (Lipinski definition) is 1. The van der Waals surface area contributed by atoms with Crippen LogP contribution in [0.5, 0.6) is 0 Å². The van der Waals surface area contributed by atoms with E-state index in [-0.39, 0.29) is 6.04 Å². The van der Waals surface area contributed by atoms with Gasteiger partial charge in [-0.15, -0.1) is 0 Å². The van der Waals surface area contributed by atoms with Crippen molar-refractivity contribution >= 4 is 11.6 Å². The van der Waals surface area contributed by atoms with Gasteiger partial charge in [-0.3, -0.25) is 0 Å². The van der Waals surface area contributed by atoms with Crippen LogP contribution in [0.25, 0.3) is 0 Å². The zero-order valence-corrected chi connectivity index (χ0v) is 11.0. The van der Waals surface area contributed by atoms with Gasteiger partial charge in [-0.25, -0.2) is 0 Å². The van der Waals surface area contributed by atoms with Gasteiger partial charge in [0.15, 0.2) is 0 Å². The minimum Gasteiger partial charge on any atom is -0.324 e. The molecule has 1 unspecified atom stereocenters. The van der Waals surface area contributed by atoms with Gasteiger partial charge in [0.05, 0.1) is 0 Å². The number of halogens is 1. The summed E-state index contributed by atoms with van der Waals surface area (Å²) in [6.45, 7) is 4.44. The van der Waals surface area contributed by atoms with Crippen LogP contribution in [0.3, 0.4) is 0 Å². The molecule has 0 saturated heterocycles. The van der Waals surface area contributed by atoms with Gasteiger partial charge in [0.1, 0.15) is 0 Å². The van der Waals surface area contributed by atoms with Gasteiger partial charge in [0, 0.05) is 11.1 Å². The van der Waals surface area contributed by atoms with Crippen LogP contribution in [-0.2, 0) is 0 Å². The van der Waals surface area contributed by atoms with E-state index in [0.29, 0.717) is 5.92 Å². The van der Waals surface area contributed by atoms with E-state index in [2.05, 4.69) is 13.8 Å². The Kier molecular flexibility index (Phi) is 5.86. The number of benzene rings is 1. The first kappa shape index (κ1) is 13.5. The Labute approximate surface area is 104 Å². The molecular formula is C14H22ClN. The fourth-order valence-electron chi connectivity index (χ4n) is 2.20. The second kappa shape index (κ2) is 6.93. The summed E-state index contributed by atoms with van der Waals surface area (Å²) < 4.78 is 0. The van der Waals surface area contributed by atoms with Crippen LogP contribution in [0.4, 0.5) is 0 Å². The molecule has 2 heteroatoms. The van der Waals surface area contributed by atoms with E-state index in [0.717, 1.165) is 5.02 Å². The molecular weight excluding hydrogens is 218 g/mol. The maximum atomic E-state index is 6.32. The first-order valence-corrected chi connectivity index (χ1v) is 6.57. The highest BCUT2D eigenvalue weighted by atomic mass is 35.5. The van der Waals surface area contributed by atoms with Crippen LogP contribution in [0.15, 0.2) is 24.3 Å². The molecule has 1 aromatic rings. The van der Waals surface area contributed by atoms with E-state index >= 15 is 0 Å². The Bertz CT molecular complexity index is 288. The van der Waals surface area contributed by atoms with Gasteiger partial charge in [0.25, 0.3) is 0 Å². The zero-order chi connectivity index (χ0) is 12.0. The van der Waals surface area contributed by atoms with Crippen molar-refractivity contribution in [2.24, 2.45) is 11.7 Å². The third-order valence-corrected chi connectivity index (χ3v) is 3.33. The summed E-state index contributed by atoms with van der Waals surface area (Å²) in [7, 11) is 0. The van der Waals surface area contributed by atoms with E-state index in [4.69, 9.17) is 17.3 Å². The molecule has 0 aromatic heterocycles. The molecule has 1 atom stereocenters. The van der Waals surface area contributed by atoms with Crippen molar-refractivity contribution in [3.63, 3.8) is 0 Å².